The van der Waals surface area contributed by atoms with Crippen molar-refractivity contribution in [3.63, 3.8) is 0 Å². The van der Waals surface area contributed by atoms with E-state index in [1.165, 1.54) is 0 Å². The van der Waals surface area contributed by atoms with Crippen LogP contribution < -0.4 is 69.3 Å². The van der Waals surface area contributed by atoms with E-state index in [1.54, 1.807) is 0 Å². The second kappa shape index (κ2) is 20.9. The van der Waals surface area contributed by atoms with Gasteiger partial charge < -0.3 is 19.8 Å². The third-order valence-corrected chi connectivity index (χ3v) is 8.05. The summed E-state index contributed by atoms with van der Waals surface area (Å²) in [6.45, 7) is 7.93. The van der Waals surface area contributed by atoms with Crippen molar-refractivity contribution in [2.45, 2.75) is 123 Å². The minimum absolute atomic E-state index is 0. The van der Waals surface area contributed by atoms with Gasteiger partial charge in [-0.05, 0) is 24.7 Å². The van der Waals surface area contributed by atoms with Gasteiger partial charge in [-0.25, -0.2) is 0 Å². The van der Waals surface area contributed by atoms with E-state index >= 15 is 0 Å². The number of unbranched alkanes of at least 4 members (excludes halogenated alkanes) is 6. The number of carbonyl (C=O) groups is 2. The summed E-state index contributed by atoms with van der Waals surface area (Å²) in [5.41, 5.74) is -2.23. The quantitative estimate of drug-likeness (QED) is 0.106. The molecule has 0 aromatic rings. The third-order valence-electron chi connectivity index (χ3n) is 6.81. The molecule has 0 saturated heterocycles. The van der Waals surface area contributed by atoms with Crippen LogP contribution in [0, 0.1) is 17.3 Å². The van der Waals surface area contributed by atoms with Crippen LogP contribution in [0.25, 0.3) is 0 Å². The number of carbonyl (C=O) groups excluding carboxylic acids is 2. The van der Waals surface area contributed by atoms with Crippen LogP contribution in [-0.2, 0) is 19.7 Å². The SMILES string of the molecule is CCCCCCC(CC)CC(CC(CC)CCCCCC)(C(=O)[O-])C(C(=O)[O-])S(=O)(=O)O.[Na+].[Na+]. The van der Waals surface area contributed by atoms with Crippen molar-refractivity contribution in [3.8, 4) is 0 Å². The Bertz CT molecular complexity index is 634. The summed E-state index contributed by atoms with van der Waals surface area (Å²) in [7, 11) is -5.22. The summed E-state index contributed by atoms with van der Waals surface area (Å²) >= 11 is 0. The van der Waals surface area contributed by atoms with E-state index in [0.717, 1.165) is 51.4 Å². The molecule has 7 nitrogen and oxygen atoms in total. The normalized spacial score (nSPS) is 15.8. The molecule has 0 aromatic carbocycles. The molecule has 0 bridgehead atoms. The second-order valence-electron chi connectivity index (χ2n) is 9.31. The Balaban J connectivity index is -0.00000480. The predicted octanol–water partition coefficient (Wildman–Crippen LogP) is -2.49. The number of rotatable bonds is 20. The van der Waals surface area contributed by atoms with Crippen molar-refractivity contribution >= 4 is 22.1 Å². The van der Waals surface area contributed by atoms with Gasteiger partial charge in [0.1, 0.15) is 5.25 Å². The molecule has 0 spiro atoms. The van der Waals surface area contributed by atoms with E-state index in [0.29, 0.717) is 25.7 Å². The Hall–Kier alpha value is 0.850. The Morgan fingerprint density at radius 2 is 1.15 bits per heavy atom. The Morgan fingerprint density at radius 1 is 0.765 bits per heavy atom. The van der Waals surface area contributed by atoms with Gasteiger partial charge in [-0.3, -0.25) is 4.55 Å². The molecule has 0 rings (SSSR count). The van der Waals surface area contributed by atoms with Crippen molar-refractivity contribution in [1.82, 2.24) is 0 Å². The summed E-state index contributed by atoms with van der Waals surface area (Å²) < 4.78 is 34.0. The van der Waals surface area contributed by atoms with Crippen LogP contribution in [0.3, 0.4) is 0 Å². The third kappa shape index (κ3) is 14.0. The fourth-order valence-corrected chi connectivity index (χ4v) is 5.96. The molecule has 0 radical (unpaired) electrons. The number of carboxylic acids is 2. The molecule has 0 aliphatic heterocycles. The van der Waals surface area contributed by atoms with Gasteiger partial charge >= 0.3 is 59.1 Å². The topological polar surface area (TPSA) is 135 Å². The molecule has 3 atom stereocenters. The van der Waals surface area contributed by atoms with Crippen molar-refractivity contribution in [2.75, 3.05) is 0 Å². The van der Waals surface area contributed by atoms with Crippen LogP contribution in [0.1, 0.15) is 118 Å². The molecule has 34 heavy (non-hydrogen) atoms. The minimum atomic E-state index is -5.22. The van der Waals surface area contributed by atoms with Crippen LogP contribution in [0.2, 0.25) is 0 Å². The van der Waals surface area contributed by atoms with Crippen molar-refractivity contribution in [2.24, 2.45) is 17.3 Å². The molecule has 0 aliphatic rings. The first-order chi connectivity index (χ1) is 15.0. The molecular weight excluding hydrogens is 478 g/mol. The van der Waals surface area contributed by atoms with Gasteiger partial charge in [-0.15, -0.1) is 0 Å². The van der Waals surface area contributed by atoms with Crippen molar-refractivity contribution in [3.05, 3.63) is 0 Å². The molecule has 0 aliphatic carbocycles. The smallest absolute Gasteiger partial charge is 0.549 e. The number of aliphatic carboxylic acids is 2. The predicted molar refractivity (Wildman–Crippen MR) is 122 cm³/mol. The monoisotopic (exact) mass is 522 g/mol. The van der Waals surface area contributed by atoms with Crippen molar-refractivity contribution in [1.29, 1.82) is 0 Å². The minimum Gasteiger partial charge on any atom is -0.549 e. The Kier molecular flexibility index (Phi) is 24.1. The molecule has 3 unspecified atom stereocenters. The maximum absolute atomic E-state index is 12.5. The largest absolute Gasteiger partial charge is 1.00 e. The first-order valence-electron chi connectivity index (χ1n) is 12.4. The molecule has 0 heterocycles. The van der Waals surface area contributed by atoms with Gasteiger partial charge in [0.2, 0.25) is 0 Å². The van der Waals surface area contributed by atoms with Gasteiger partial charge in [0.25, 0.3) is 10.1 Å². The van der Waals surface area contributed by atoms with Gasteiger partial charge in [0, 0.05) is 11.4 Å². The first-order valence-corrected chi connectivity index (χ1v) is 13.9. The van der Waals surface area contributed by atoms with Gasteiger partial charge in [0.15, 0.2) is 0 Å². The molecule has 190 valence electrons. The Morgan fingerprint density at radius 3 is 1.38 bits per heavy atom. The van der Waals surface area contributed by atoms with Crippen LogP contribution in [0.5, 0.6) is 0 Å². The van der Waals surface area contributed by atoms with Crippen LogP contribution >= 0.6 is 0 Å². The summed E-state index contributed by atoms with van der Waals surface area (Å²) in [5, 5.41) is 21.8. The van der Waals surface area contributed by atoms with E-state index in [1.807, 2.05) is 13.8 Å². The van der Waals surface area contributed by atoms with Gasteiger partial charge in [-0.2, -0.15) is 8.42 Å². The summed E-state index contributed by atoms with van der Waals surface area (Å²) in [5.74, 6) is -4.20. The first kappa shape index (κ1) is 39.4. The zero-order valence-corrected chi connectivity index (χ0v) is 27.3. The molecule has 10 heteroatoms. The average molecular weight is 523 g/mol. The molecule has 0 aromatic heterocycles. The maximum Gasteiger partial charge on any atom is 1.00 e. The zero-order valence-electron chi connectivity index (χ0n) is 22.4. The van der Waals surface area contributed by atoms with Gasteiger partial charge in [-0.1, -0.05) is 105 Å². The molecule has 0 fully saturated rings. The summed E-state index contributed by atoms with van der Waals surface area (Å²) in [6, 6.07) is 0. The summed E-state index contributed by atoms with van der Waals surface area (Å²) in [6.07, 6.45) is 10.0. The second-order valence-corrected chi connectivity index (χ2v) is 10.8. The van der Waals surface area contributed by atoms with Crippen LogP contribution in [0.15, 0.2) is 0 Å². The number of hydrogen-bond acceptors (Lipinski definition) is 6. The fourth-order valence-electron chi connectivity index (χ4n) is 4.85. The van der Waals surface area contributed by atoms with E-state index < -0.39 is 32.7 Å². The van der Waals surface area contributed by atoms with Crippen LogP contribution in [0.4, 0.5) is 0 Å². The molecule has 0 amide bonds. The molecule has 1 N–H and O–H groups in total. The fraction of sp³-hybridized carbons (Fsp3) is 0.917. The molecule has 0 saturated carbocycles. The number of carboxylic acid groups (broad SMARTS) is 2. The molecular formula is C24H44Na2O7S. The summed E-state index contributed by atoms with van der Waals surface area (Å²) in [4.78, 5) is 24.4. The van der Waals surface area contributed by atoms with E-state index in [-0.39, 0.29) is 83.8 Å². The average Bonchev–Trinajstić information content (AvgIpc) is 2.70. The standard InChI is InChI=1S/C24H46O7S.2Na/c1-5-9-11-13-15-19(7-3)17-24(23(27)28,21(22(25)26)32(29,30)31)18-20(8-4)16-14-12-10-6-2;;/h19-21H,5-18H2,1-4H3,(H,25,26)(H,27,28)(H,29,30,31);;/q;2*+1/p-2. The Labute approximate surface area is 251 Å². The van der Waals surface area contributed by atoms with E-state index in [2.05, 4.69) is 13.8 Å². The number of hydrogen-bond donors (Lipinski definition) is 1. The maximum atomic E-state index is 12.5. The zero-order chi connectivity index (χ0) is 24.8. The van der Waals surface area contributed by atoms with Crippen LogP contribution in [-0.4, -0.2) is 30.2 Å². The van der Waals surface area contributed by atoms with Gasteiger partial charge in [0.05, 0.1) is 5.97 Å². The van der Waals surface area contributed by atoms with E-state index in [9.17, 15) is 32.8 Å². The van der Waals surface area contributed by atoms with Crippen molar-refractivity contribution < 1.29 is 91.9 Å². The van der Waals surface area contributed by atoms with E-state index in [4.69, 9.17) is 0 Å².